The van der Waals surface area contributed by atoms with Gasteiger partial charge in [0.25, 0.3) is 0 Å². The largest absolute Gasteiger partial charge is 0.481 e. The first-order chi connectivity index (χ1) is 7.56. The summed E-state index contributed by atoms with van der Waals surface area (Å²) in [4.78, 5) is 23.8. The standard InChI is InChI=1S/C11H21NO4/c1-4-7-12(11(15)16-6-3)9(5-2)8-10(13)14/h9H,4-8H2,1-3H3,(H,13,14). The Balaban J connectivity index is 4.56. The molecule has 0 aliphatic rings. The van der Waals surface area contributed by atoms with Gasteiger partial charge in [-0.25, -0.2) is 4.79 Å². The summed E-state index contributed by atoms with van der Waals surface area (Å²) in [6, 6.07) is -0.281. The van der Waals surface area contributed by atoms with Crippen LogP contribution in [0.1, 0.15) is 40.0 Å². The third-order valence-corrected chi connectivity index (χ3v) is 2.29. The molecule has 0 bridgehead atoms. The van der Waals surface area contributed by atoms with Gasteiger partial charge in [0.2, 0.25) is 0 Å². The quantitative estimate of drug-likeness (QED) is 0.728. The summed E-state index contributed by atoms with van der Waals surface area (Å²) < 4.78 is 4.92. The maximum absolute atomic E-state index is 11.6. The highest BCUT2D eigenvalue weighted by Crippen LogP contribution is 2.11. The van der Waals surface area contributed by atoms with Crippen molar-refractivity contribution in [2.45, 2.75) is 46.1 Å². The summed E-state index contributed by atoms with van der Waals surface area (Å²) >= 11 is 0. The molecular formula is C11H21NO4. The summed E-state index contributed by atoms with van der Waals surface area (Å²) in [5, 5.41) is 8.77. The number of hydrogen-bond donors (Lipinski definition) is 1. The molecule has 0 heterocycles. The second-order valence-corrected chi connectivity index (χ2v) is 3.55. The predicted octanol–water partition coefficient (Wildman–Crippen LogP) is 2.11. The van der Waals surface area contributed by atoms with E-state index in [1.54, 1.807) is 6.92 Å². The minimum atomic E-state index is -0.891. The van der Waals surface area contributed by atoms with E-state index in [2.05, 4.69) is 0 Å². The third kappa shape index (κ3) is 5.00. The van der Waals surface area contributed by atoms with Crippen LogP contribution >= 0.6 is 0 Å². The SMILES string of the molecule is CCCN(C(=O)OCC)C(CC)CC(=O)O. The fourth-order valence-electron chi connectivity index (χ4n) is 1.55. The second kappa shape index (κ2) is 7.96. The average molecular weight is 231 g/mol. The Kier molecular flexibility index (Phi) is 7.33. The van der Waals surface area contributed by atoms with Gasteiger partial charge < -0.3 is 14.7 Å². The van der Waals surface area contributed by atoms with E-state index in [0.29, 0.717) is 19.6 Å². The van der Waals surface area contributed by atoms with Gasteiger partial charge in [0.15, 0.2) is 0 Å². The van der Waals surface area contributed by atoms with Gasteiger partial charge in [0.1, 0.15) is 0 Å². The van der Waals surface area contributed by atoms with Crippen molar-refractivity contribution in [3.63, 3.8) is 0 Å². The van der Waals surface area contributed by atoms with Crippen LogP contribution in [0.2, 0.25) is 0 Å². The van der Waals surface area contributed by atoms with E-state index in [-0.39, 0.29) is 12.5 Å². The molecule has 0 radical (unpaired) electrons. The predicted molar refractivity (Wildman–Crippen MR) is 60.4 cm³/mol. The lowest BCUT2D eigenvalue weighted by Gasteiger charge is -2.28. The van der Waals surface area contributed by atoms with E-state index in [0.717, 1.165) is 6.42 Å². The molecule has 0 saturated carbocycles. The van der Waals surface area contributed by atoms with Crippen molar-refractivity contribution in [2.24, 2.45) is 0 Å². The molecular weight excluding hydrogens is 210 g/mol. The lowest BCUT2D eigenvalue weighted by Crippen LogP contribution is -2.42. The van der Waals surface area contributed by atoms with E-state index in [1.165, 1.54) is 4.90 Å². The zero-order valence-corrected chi connectivity index (χ0v) is 10.2. The van der Waals surface area contributed by atoms with Gasteiger partial charge in [-0.3, -0.25) is 4.79 Å². The number of carboxylic acid groups (broad SMARTS) is 1. The normalized spacial score (nSPS) is 11.9. The molecule has 0 saturated heterocycles. The van der Waals surface area contributed by atoms with E-state index in [4.69, 9.17) is 9.84 Å². The summed E-state index contributed by atoms with van der Waals surface area (Å²) in [7, 11) is 0. The maximum atomic E-state index is 11.6. The Morgan fingerprint density at radius 1 is 1.31 bits per heavy atom. The van der Waals surface area contributed by atoms with Crippen LogP contribution in [0.3, 0.4) is 0 Å². The molecule has 0 aromatic rings. The molecule has 1 N–H and O–H groups in total. The number of ether oxygens (including phenoxy) is 1. The summed E-state index contributed by atoms with van der Waals surface area (Å²) in [6.07, 6.45) is 0.951. The van der Waals surface area contributed by atoms with Crippen LogP contribution in [0.4, 0.5) is 4.79 Å². The van der Waals surface area contributed by atoms with Crippen molar-refractivity contribution in [3.05, 3.63) is 0 Å². The highest BCUT2D eigenvalue weighted by atomic mass is 16.6. The van der Waals surface area contributed by atoms with Crippen LogP contribution in [0.15, 0.2) is 0 Å². The molecule has 1 amide bonds. The van der Waals surface area contributed by atoms with Crippen molar-refractivity contribution < 1.29 is 19.4 Å². The molecule has 5 heteroatoms. The zero-order chi connectivity index (χ0) is 12.6. The highest BCUT2D eigenvalue weighted by molar-refractivity contribution is 5.71. The molecule has 5 nitrogen and oxygen atoms in total. The van der Waals surface area contributed by atoms with Crippen LogP contribution in [0.25, 0.3) is 0 Å². The van der Waals surface area contributed by atoms with E-state index < -0.39 is 12.1 Å². The van der Waals surface area contributed by atoms with Crippen LogP contribution in [0, 0.1) is 0 Å². The second-order valence-electron chi connectivity index (χ2n) is 3.55. The maximum Gasteiger partial charge on any atom is 0.410 e. The number of aliphatic carboxylic acids is 1. The van der Waals surface area contributed by atoms with Gasteiger partial charge in [0.05, 0.1) is 13.0 Å². The molecule has 1 unspecified atom stereocenters. The number of carboxylic acids is 1. The smallest absolute Gasteiger partial charge is 0.410 e. The molecule has 0 spiro atoms. The summed E-state index contributed by atoms with van der Waals surface area (Å²) in [5.41, 5.74) is 0. The van der Waals surface area contributed by atoms with Gasteiger partial charge in [-0.05, 0) is 19.8 Å². The molecule has 16 heavy (non-hydrogen) atoms. The number of hydrogen-bond acceptors (Lipinski definition) is 3. The molecule has 0 aromatic heterocycles. The van der Waals surface area contributed by atoms with Crippen LogP contribution in [-0.2, 0) is 9.53 Å². The van der Waals surface area contributed by atoms with Crippen molar-refractivity contribution in [3.8, 4) is 0 Å². The molecule has 0 rings (SSSR count). The van der Waals surface area contributed by atoms with Gasteiger partial charge >= 0.3 is 12.1 Å². The third-order valence-electron chi connectivity index (χ3n) is 2.29. The lowest BCUT2D eigenvalue weighted by molar-refractivity contribution is -0.138. The van der Waals surface area contributed by atoms with E-state index in [1.807, 2.05) is 13.8 Å². The summed E-state index contributed by atoms with van der Waals surface area (Å²) in [5.74, 6) is -0.891. The average Bonchev–Trinajstić information content (AvgIpc) is 2.23. The van der Waals surface area contributed by atoms with Crippen LogP contribution in [-0.4, -0.2) is 41.3 Å². The van der Waals surface area contributed by atoms with Crippen molar-refractivity contribution in [1.29, 1.82) is 0 Å². The lowest BCUT2D eigenvalue weighted by atomic mass is 10.1. The van der Waals surface area contributed by atoms with Crippen molar-refractivity contribution in [2.75, 3.05) is 13.2 Å². The van der Waals surface area contributed by atoms with Gasteiger partial charge in [-0.1, -0.05) is 13.8 Å². The Hall–Kier alpha value is -1.26. The first-order valence-electron chi connectivity index (χ1n) is 5.71. The van der Waals surface area contributed by atoms with Crippen molar-refractivity contribution in [1.82, 2.24) is 4.90 Å². The zero-order valence-electron chi connectivity index (χ0n) is 10.2. The fourth-order valence-corrected chi connectivity index (χ4v) is 1.55. The van der Waals surface area contributed by atoms with E-state index >= 15 is 0 Å². The number of carbonyl (C=O) groups excluding carboxylic acids is 1. The topological polar surface area (TPSA) is 66.8 Å². The van der Waals surface area contributed by atoms with Crippen LogP contribution in [0.5, 0.6) is 0 Å². The fraction of sp³-hybridized carbons (Fsp3) is 0.818. The number of rotatable bonds is 7. The van der Waals surface area contributed by atoms with E-state index in [9.17, 15) is 9.59 Å². The van der Waals surface area contributed by atoms with Gasteiger partial charge in [-0.15, -0.1) is 0 Å². The van der Waals surface area contributed by atoms with Gasteiger partial charge in [0, 0.05) is 12.6 Å². The number of amides is 1. The first kappa shape index (κ1) is 14.7. The molecule has 0 aliphatic heterocycles. The summed E-state index contributed by atoms with van der Waals surface area (Å²) in [6.45, 7) is 6.39. The monoisotopic (exact) mass is 231 g/mol. The Bertz CT molecular complexity index is 230. The minimum absolute atomic E-state index is 0.0324. The Labute approximate surface area is 96.4 Å². The molecule has 0 aromatic carbocycles. The molecule has 0 aliphatic carbocycles. The molecule has 0 fully saturated rings. The minimum Gasteiger partial charge on any atom is -0.481 e. The van der Waals surface area contributed by atoms with Crippen molar-refractivity contribution >= 4 is 12.1 Å². The highest BCUT2D eigenvalue weighted by Gasteiger charge is 2.24. The Morgan fingerprint density at radius 2 is 1.94 bits per heavy atom. The van der Waals surface area contributed by atoms with Crippen LogP contribution < -0.4 is 0 Å². The number of nitrogens with zero attached hydrogens (tertiary/aromatic N) is 1. The van der Waals surface area contributed by atoms with Gasteiger partial charge in [-0.2, -0.15) is 0 Å². The molecule has 94 valence electrons. The number of carbonyl (C=O) groups is 2. The molecule has 1 atom stereocenters. The Morgan fingerprint density at radius 3 is 2.31 bits per heavy atom. The first-order valence-corrected chi connectivity index (χ1v) is 5.71.